The fourth-order valence-electron chi connectivity index (χ4n) is 3.48. The number of ether oxygens (including phenoxy) is 4. The van der Waals surface area contributed by atoms with E-state index in [1.54, 1.807) is 0 Å². The van der Waals surface area contributed by atoms with Crippen molar-refractivity contribution in [3.05, 3.63) is 12.2 Å². The molecule has 0 saturated carbocycles. The maximum Gasteiger partial charge on any atom is 0.522 e. The minimum absolute atomic E-state index is 0.244. The van der Waals surface area contributed by atoms with E-state index in [1.807, 2.05) is 0 Å². The first-order valence-corrected chi connectivity index (χ1v) is 13.4. The van der Waals surface area contributed by atoms with Crippen molar-refractivity contribution < 1.29 is 54.9 Å². The van der Waals surface area contributed by atoms with E-state index >= 15 is 0 Å². The van der Waals surface area contributed by atoms with E-state index in [0.29, 0.717) is 38.5 Å². The molecule has 0 spiro atoms. The zero-order chi connectivity index (χ0) is 28.5. The fourth-order valence-corrected chi connectivity index (χ4v) is 3.48. The van der Waals surface area contributed by atoms with Crippen molar-refractivity contribution in [1.82, 2.24) is 0 Å². The third-order valence-electron chi connectivity index (χ3n) is 5.45. The number of unbranched alkanes of at least 4 members (excludes halogenated alkanes) is 14. The van der Waals surface area contributed by atoms with Crippen molar-refractivity contribution >= 4 is 11.9 Å². The molecule has 6 nitrogen and oxygen atoms in total. The fraction of sp³-hybridized carbons (Fsp3) is 0.846. The summed E-state index contributed by atoms with van der Waals surface area (Å²) in [6, 6.07) is 0. The van der Waals surface area contributed by atoms with Gasteiger partial charge in [0.05, 0.1) is 26.4 Å². The lowest BCUT2D eigenvalue weighted by molar-refractivity contribution is -0.325. The Balaban J connectivity index is 3.43. The molecular formula is C26H42F6O6. The molecule has 0 amide bonds. The Morgan fingerprint density at radius 3 is 0.921 bits per heavy atom. The van der Waals surface area contributed by atoms with Gasteiger partial charge < -0.3 is 9.47 Å². The molecule has 0 aliphatic heterocycles. The van der Waals surface area contributed by atoms with Crippen molar-refractivity contribution in [2.45, 2.75) is 115 Å². The Morgan fingerprint density at radius 1 is 0.421 bits per heavy atom. The lowest BCUT2D eigenvalue weighted by Gasteiger charge is -2.07. The predicted molar refractivity (Wildman–Crippen MR) is 129 cm³/mol. The topological polar surface area (TPSA) is 71.1 Å². The minimum atomic E-state index is -4.56. The first-order chi connectivity index (χ1) is 18.0. The van der Waals surface area contributed by atoms with Crippen molar-refractivity contribution in [2.24, 2.45) is 0 Å². The van der Waals surface area contributed by atoms with Crippen LogP contribution in [0.1, 0.15) is 103 Å². The summed E-state index contributed by atoms with van der Waals surface area (Å²) in [5, 5.41) is 0. The Hall–Kier alpha value is -1.82. The third kappa shape index (κ3) is 30.4. The highest BCUT2D eigenvalue weighted by molar-refractivity contribution is 5.91. The van der Waals surface area contributed by atoms with Crippen LogP contribution in [-0.2, 0) is 28.5 Å². The molecule has 0 rings (SSSR count). The van der Waals surface area contributed by atoms with Crippen LogP contribution in [0, 0.1) is 0 Å². The number of hydrogen-bond acceptors (Lipinski definition) is 6. The van der Waals surface area contributed by atoms with Crippen LogP contribution in [0.25, 0.3) is 0 Å². The second kappa shape index (κ2) is 23.1. The third-order valence-corrected chi connectivity index (χ3v) is 5.45. The van der Waals surface area contributed by atoms with Crippen molar-refractivity contribution in [3.63, 3.8) is 0 Å². The average molecular weight is 565 g/mol. The molecule has 0 heterocycles. The van der Waals surface area contributed by atoms with Crippen LogP contribution in [0.15, 0.2) is 12.2 Å². The number of esters is 2. The van der Waals surface area contributed by atoms with Gasteiger partial charge in [-0.3, -0.25) is 9.47 Å². The van der Waals surface area contributed by atoms with E-state index in [1.165, 1.54) is 0 Å². The van der Waals surface area contributed by atoms with Gasteiger partial charge in [-0.1, -0.05) is 77.0 Å². The summed E-state index contributed by atoms with van der Waals surface area (Å²) >= 11 is 0. The normalized spacial score (nSPS) is 12.3. The van der Waals surface area contributed by atoms with Gasteiger partial charge in [0.2, 0.25) is 0 Å². The van der Waals surface area contributed by atoms with Gasteiger partial charge in [0, 0.05) is 12.2 Å². The molecule has 0 aromatic carbocycles. The molecule has 12 heteroatoms. The summed E-state index contributed by atoms with van der Waals surface area (Å²) in [4.78, 5) is 23.2. The molecule has 0 aliphatic rings. The molecule has 0 saturated heterocycles. The number of carbonyl (C=O) groups excluding carboxylic acids is 2. The van der Waals surface area contributed by atoms with E-state index in [2.05, 4.69) is 9.47 Å². The summed E-state index contributed by atoms with van der Waals surface area (Å²) in [5.41, 5.74) is 0. The van der Waals surface area contributed by atoms with Crippen LogP contribution in [0.5, 0.6) is 0 Å². The van der Waals surface area contributed by atoms with Crippen LogP contribution in [-0.4, -0.2) is 51.1 Å². The predicted octanol–water partition coefficient (Wildman–Crippen LogP) is 7.94. The van der Waals surface area contributed by atoms with Gasteiger partial charge in [-0.25, -0.2) is 9.59 Å². The largest absolute Gasteiger partial charge is 0.522 e. The number of hydrogen-bond donors (Lipinski definition) is 0. The van der Waals surface area contributed by atoms with Gasteiger partial charge in [0.25, 0.3) is 0 Å². The second-order valence-corrected chi connectivity index (χ2v) is 8.91. The van der Waals surface area contributed by atoms with Crippen molar-refractivity contribution in [2.75, 3.05) is 26.4 Å². The molecule has 224 valence electrons. The van der Waals surface area contributed by atoms with Crippen molar-refractivity contribution in [3.8, 4) is 0 Å². The molecule has 0 aliphatic carbocycles. The van der Waals surface area contributed by atoms with Crippen LogP contribution in [0.4, 0.5) is 26.3 Å². The van der Waals surface area contributed by atoms with Crippen LogP contribution in [0.3, 0.4) is 0 Å². The summed E-state index contributed by atoms with van der Waals surface area (Å²) < 4.78 is 88.3. The maximum atomic E-state index is 11.8. The van der Waals surface area contributed by atoms with E-state index in [4.69, 9.17) is 9.47 Å². The molecule has 0 atom stereocenters. The number of carbonyl (C=O) groups is 2. The lowest BCUT2D eigenvalue weighted by atomic mass is 10.1. The van der Waals surface area contributed by atoms with E-state index < -0.39 is 24.7 Å². The molecule has 38 heavy (non-hydrogen) atoms. The van der Waals surface area contributed by atoms with Gasteiger partial charge in [0.15, 0.2) is 0 Å². The Kier molecular flexibility index (Phi) is 22.0. The van der Waals surface area contributed by atoms with Gasteiger partial charge >= 0.3 is 24.7 Å². The second-order valence-electron chi connectivity index (χ2n) is 8.91. The molecule has 0 fully saturated rings. The van der Waals surface area contributed by atoms with Crippen LogP contribution < -0.4 is 0 Å². The molecule has 0 aromatic heterocycles. The lowest BCUT2D eigenvalue weighted by Crippen LogP contribution is -2.13. The van der Waals surface area contributed by atoms with Gasteiger partial charge in [-0.2, -0.15) is 0 Å². The summed E-state index contributed by atoms with van der Waals surface area (Å²) in [7, 11) is 0. The molecule has 0 bridgehead atoms. The Labute approximate surface area is 221 Å². The Bertz CT molecular complexity index is 570. The minimum Gasteiger partial charge on any atom is -0.463 e. The molecule has 0 N–H and O–H groups in total. The monoisotopic (exact) mass is 564 g/mol. The highest BCUT2D eigenvalue weighted by Crippen LogP contribution is 2.18. The zero-order valence-corrected chi connectivity index (χ0v) is 22.0. The highest BCUT2D eigenvalue weighted by atomic mass is 19.4. The summed E-state index contributed by atoms with van der Waals surface area (Å²) in [5.74, 6) is -1.24. The zero-order valence-electron chi connectivity index (χ0n) is 22.0. The first-order valence-electron chi connectivity index (χ1n) is 13.4. The number of halogens is 6. The SMILES string of the molecule is O=C(/C=C\C(=O)OCCCCCCCCCCOC(F)(F)F)OCCCCCCCCCCOC(F)(F)F. The van der Waals surface area contributed by atoms with Gasteiger partial charge in [-0.15, -0.1) is 26.3 Å². The molecule has 0 radical (unpaired) electrons. The molecule has 0 aromatic rings. The standard InChI is InChI=1S/C26H42F6O6/c27-25(28,29)37-21-15-11-7-3-1-5-9-13-19-35-23(33)17-18-24(34)36-20-14-10-6-2-4-8-12-16-22-38-26(30,31)32/h17-18H,1-16,19-22H2/b18-17-. The van der Waals surface area contributed by atoms with Gasteiger partial charge in [0.1, 0.15) is 0 Å². The van der Waals surface area contributed by atoms with E-state index in [0.717, 1.165) is 76.4 Å². The van der Waals surface area contributed by atoms with Gasteiger partial charge in [-0.05, 0) is 25.7 Å². The Morgan fingerprint density at radius 2 is 0.658 bits per heavy atom. The van der Waals surface area contributed by atoms with Crippen LogP contribution in [0.2, 0.25) is 0 Å². The highest BCUT2D eigenvalue weighted by Gasteiger charge is 2.28. The number of rotatable bonds is 24. The molecular weight excluding hydrogens is 522 g/mol. The van der Waals surface area contributed by atoms with Crippen LogP contribution >= 0.6 is 0 Å². The van der Waals surface area contributed by atoms with E-state index in [9.17, 15) is 35.9 Å². The summed E-state index contributed by atoms with van der Waals surface area (Å²) in [6.45, 7) is -0.116. The quantitative estimate of drug-likeness (QED) is 0.0513. The van der Waals surface area contributed by atoms with E-state index in [-0.39, 0.29) is 26.4 Å². The first kappa shape index (κ1) is 36.2. The molecule has 0 unspecified atom stereocenters. The maximum absolute atomic E-state index is 11.8. The smallest absolute Gasteiger partial charge is 0.463 e. The van der Waals surface area contributed by atoms with Crippen molar-refractivity contribution in [1.29, 1.82) is 0 Å². The average Bonchev–Trinajstić information content (AvgIpc) is 2.82. The summed E-state index contributed by atoms with van der Waals surface area (Å²) in [6.07, 6.45) is 5.62. The number of alkyl halides is 6.